The molecular formula is C26H25N5O4. The number of benzene rings is 2. The first-order chi connectivity index (χ1) is 17.1. The average Bonchev–Trinajstić information content (AvgIpc) is 3.36. The van der Waals surface area contributed by atoms with E-state index in [1.165, 1.54) is 0 Å². The summed E-state index contributed by atoms with van der Waals surface area (Å²) >= 11 is 0. The van der Waals surface area contributed by atoms with E-state index in [4.69, 9.17) is 9.47 Å². The molecule has 0 spiro atoms. The molecule has 0 unspecified atom stereocenters. The predicted octanol–water partition coefficient (Wildman–Crippen LogP) is 3.14. The molecule has 35 heavy (non-hydrogen) atoms. The summed E-state index contributed by atoms with van der Waals surface area (Å²) in [4.78, 5) is 41.0. The van der Waals surface area contributed by atoms with Crippen LogP contribution >= 0.6 is 0 Å². The Morgan fingerprint density at radius 1 is 1.03 bits per heavy atom. The lowest BCUT2D eigenvalue weighted by molar-refractivity contribution is -0.134. The van der Waals surface area contributed by atoms with Crippen molar-refractivity contribution in [3.8, 4) is 17.1 Å². The number of H-pyrrole nitrogens is 1. The van der Waals surface area contributed by atoms with Gasteiger partial charge in [-0.25, -0.2) is 9.78 Å². The Bertz CT molecular complexity index is 1330. The second-order valence-corrected chi connectivity index (χ2v) is 8.20. The van der Waals surface area contributed by atoms with Gasteiger partial charge in [0.15, 0.2) is 6.61 Å². The average molecular weight is 472 g/mol. The number of piperazine rings is 1. The number of ether oxygens (including phenoxy) is 2. The molecule has 1 aliphatic heterocycles. The number of anilines is 1. The number of hydrogen-bond donors (Lipinski definition) is 1. The Labute approximate surface area is 202 Å². The number of nitrogens with one attached hydrogen (secondary N) is 1. The molecule has 0 saturated carbocycles. The Hall–Kier alpha value is -4.40. The van der Waals surface area contributed by atoms with Crippen molar-refractivity contribution >= 4 is 28.6 Å². The van der Waals surface area contributed by atoms with Crippen molar-refractivity contribution in [1.29, 1.82) is 0 Å². The van der Waals surface area contributed by atoms with Gasteiger partial charge in [0.2, 0.25) is 0 Å². The van der Waals surface area contributed by atoms with E-state index in [0.717, 1.165) is 22.5 Å². The molecule has 9 nitrogen and oxygen atoms in total. The van der Waals surface area contributed by atoms with Crippen LogP contribution < -0.4 is 9.64 Å². The fraction of sp³-hybridized carbons (Fsp3) is 0.231. The third kappa shape index (κ3) is 4.93. The van der Waals surface area contributed by atoms with E-state index in [9.17, 15) is 9.59 Å². The van der Waals surface area contributed by atoms with Crippen LogP contribution in [0.2, 0.25) is 0 Å². The smallest absolute Gasteiger partial charge is 0.338 e. The fourth-order valence-corrected chi connectivity index (χ4v) is 4.09. The second kappa shape index (κ2) is 9.84. The number of carbonyl (C=O) groups is 2. The van der Waals surface area contributed by atoms with Gasteiger partial charge >= 0.3 is 5.97 Å². The highest BCUT2D eigenvalue weighted by atomic mass is 16.5. The van der Waals surface area contributed by atoms with Crippen molar-refractivity contribution in [2.45, 2.75) is 0 Å². The summed E-state index contributed by atoms with van der Waals surface area (Å²) in [5.41, 5.74) is 3.73. The van der Waals surface area contributed by atoms with E-state index in [1.54, 1.807) is 42.6 Å². The number of amides is 1. The lowest BCUT2D eigenvalue weighted by Crippen LogP contribution is -2.49. The molecule has 9 heteroatoms. The first-order valence-corrected chi connectivity index (χ1v) is 11.3. The maximum atomic E-state index is 12.6. The summed E-state index contributed by atoms with van der Waals surface area (Å²) in [5.74, 6) is 0.733. The van der Waals surface area contributed by atoms with Gasteiger partial charge in [-0.1, -0.05) is 0 Å². The van der Waals surface area contributed by atoms with E-state index in [2.05, 4.69) is 19.9 Å². The zero-order valence-corrected chi connectivity index (χ0v) is 19.3. The number of aromatic nitrogens is 3. The van der Waals surface area contributed by atoms with Gasteiger partial charge in [-0.05, 0) is 54.6 Å². The lowest BCUT2D eigenvalue weighted by atomic mass is 10.2. The maximum Gasteiger partial charge on any atom is 0.338 e. The minimum absolute atomic E-state index is 0.200. The fourth-order valence-electron chi connectivity index (χ4n) is 4.09. The maximum absolute atomic E-state index is 12.6. The molecule has 1 fully saturated rings. The number of hydrogen-bond acceptors (Lipinski definition) is 7. The van der Waals surface area contributed by atoms with Crippen LogP contribution in [0.15, 0.2) is 67.0 Å². The van der Waals surface area contributed by atoms with E-state index in [0.29, 0.717) is 43.1 Å². The van der Waals surface area contributed by atoms with E-state index in [1.807, 2.05) is 36.4 Å². The molecule has 1 N–H and O–H groups in total. The van der Waals surface area contributed by atoms with Crippen LogP contribution in [0, 0.1) is 0 Å². The van der Waals surface area contributed by atoms with Gasteiger partial charge in [-0.2, -0.15) is 0 Å². The van der Waals surface area contributed by atoms with Gasteiger partial charge in [0.25, 0.3) is 5.91 Å². The predicted molar refractivity (Wildman–Crippen MR) is 131 cm³/mol. The normalized spacial score (nSPS) is 13.6. The highest BCUT2D eigenvalue weighted by molar-refractivity contribution is 5.95. The molecule has 2 aromatic heterocycles. The van der Waals surface area contributed by atoms with Gasteiger partial charge in [-0.3, -0.25) is 9.78 Å². The van der Waals surface area contributed by atoms with Gasteiger partial charge in [0.1, 0.15) is 11.6 Å². The first kappa shape index (κ1) is 22.4. The van der Waals surface area contributed by atoms with Crippen molar-refractivity contribution < 1.29 is 19.1 Å². The molecule has 0 atom stereocenters. The molecule has 0 radical (unpaired) electrons. The van der Waals surface area contributed by atoms with Gasteiger partial charge < -0.3 is 24.3 Å². The molecular weight excluding hydrogens is 446 g/mol. The number of esters is 1. The van der Waals surface area contributed by atoms with Gasteiger partial charge in [0, 0.05) is 49.8 Å². The number of aromatic amines is 1. The summed E-state index contributed by atoms with van der Waals surface area (Å²) in [6, 6.07) is 16.7. The molecule has 1 saturated heterocycles. The molecule has 0 aliphatic carbocycles. The van der Waals surface area contributed by atoms with Crippen molar-refractivity contribution in [2.75, 3.05) is 44.8 Å². The molecule has 1 aliphatic rings. The van der Waals surface area contributed by atoms with Crippen LogP contribution in [0.4, 0.5) is 5.69 Å². The van der Waals surface area contributed by atoms with Crippen molar-refractivity contribution in [3.63, 3.8) is 0 Å². The van der Waals surface area contributed by atoms with Crippen molar-refractivity contribution in [1.82, 2.24) is 19.9 Å². The Morgan fingerprint density at radius 3 is 2.54 bits per heavy atom. The largest absolute Gasteiger partial charge is 0.497 e. The lowest BCUT2D eigenvalue weighted by Gasteiger charge is -2.36. The number of nitrogens with zero attached hydrogens (tertiary/aromatic N) is 4. The zero-order chi connectivity index (χ0) is 24.2. The third-order valence-corrected chi connectivity index (χ3v) is 6.05. The summed E-state index contributed by atoms with van der Waals surface area (Å²) < 4.78 is 10.5. The summed E-state index contributed by atoms with van der Waals surface area (Å²) in [7, 11) is 1.64. The Balaban J connectivity index is 1.15. The SMILES string of the molecule is COc1ccc(N2CCN(C(=O)COC(=O)c3ccc4nc(-c5cccnc5)[nH]c4c3)CC2)cc1. The zero-order valence-electron chi connectivity index (χ0n) is 19.3. The molecule has 1 amide bonds. The highest BCUT2D eigenvalue weighted by Crippen LogP contribution is 2.22. The van der Waals surface area contributed by atoms with E-state index < -0.39 is 5.97 Å². The first-order valence-electron chi connectivity index (χ1n) is 11.3. The summed E-state index contributed by atoms with van der Waals surface area (Å²) in [5, 5.41) is 0. The van der Waals surface area contributed by atoms with Crippen LogP contribution in [0.1, 0.15) is 10.4 Å². The highest BCUT2D eigenvalue weighted by Gasteiger charge is 2.22. The van der Waals surface area contributed by atoms with Crippen LogP contribution in [0.5, 0.6) is 5.75 Å². The number of methoxy groups -OCH3 is 1. The minimum Gasteiger partial charge on any atom is -0.497 e. The molecule has 3 heterocycles. The molecule has 178 valence electrons. The van der Waals surface area contributed by atoms with Crippen LogP contribution in [-0.4, -0.2) is 71.6 Å². The summed E-state index contributed by atoms with van der Waals surface area (Å²) in [6.07, 6.45) is 3.41. The van der Waals surface area contributed by atoms with Crippen LogP contribution in [0.3, 0.4) is 0 Å². The molecule has 2 aromatic carbocycles. The monoisotopic (exact) mass is 471 g/mol. The number of pyridine rings is 1. The molecule has 4 aromatic rings. The number of carbonyl (C=O) groups excluding carboxylic acids is 2. The summed E-state index contributed by atoms with van der Waals surface area (Å²) in [6.45, 7) is 2.27. The Morgan fingerprint density at radius 2 is 1.83 bits per heavy atom. The topological polar surface area (TPSA) is 101 Å². The van der Waals surface area contributed by atoms with Crippen molar-refractivity contribution in [3.05, 3.63) is 72.6 Å². The quantitative estimate of drug-likeness (QED) is 0.431. The standard InChI is InChI=1S/C26H25N5O4/c1-34-21-7-5-20(6-8-21)30-11-13-31(14-12-30)24(32)17-35-26(33)18-4-9-22-23(15-18)29-25(28-22)19-3-2-10-27-16-19/h2-10,15-16H,11-14,17H2,1H3,(H,28,29). The minimum atomic E-state index is -0.547. The second-order valence-electron chi connectivity index (χ2n) is 8.20. The van der Waals surface area contributed by atoms with Gasteiger partial charge in [-0.15, -0.1) is 0 Å². The van der Waals surface area contributed by atoms with Crippen LogP contribution in [0.25, 0.3) is 22.4 Å². The number of imidazole rings is 1. The number of fused-ring (bicyclic) bond motifs is 1. The molecule has 5 rings (SSSR count). The third-order valence-electron chi connectivity index (χ3n) is 6.05. The van der Waals surface area contributed by atoms with E-state index >= 15 is 0 Å². The van der Waals surface area contributed by atoms with E-state index in [-0.39, 0.29) is 12.5 Å². The Kier molecular flexibility index (Phi) is 6.30. The van der Waals surface area contributed by atoms with Gasteiger partial charge in [0.05, 0.1) is 23.7 Å². The van der Waals surface area contributed by atoms with Crippen LogP contribution in [-0.2, 0) is 9.53 Å². The molecule has 0 bridgehead atoms. The number of rotatable bonds is 6. The van der Waals surface area contributed by atoms with Crippen molar-refractivity contribution in [2.24, 2.45) is 0 Å².